The Kier molecular flexibility index (Phi) is 4.46. The van der Waals surface area contributed by atoms with Gasteiger partial charge in [-0.05, 0) is 49.7 Å². The Hall–Kier alpha value is -1.70. The summed E-state index contributed by atoms with van der Waals surface area (Å²) in [5.74, 6) is 0.437. The SMILES string of the molecule is Cc1ccc(C(O)CNS(=O)(=O)c2ccc(F)c(C)c2)o1. The van der Waals surface area contributed by atoms with Crippen LogP contribution in [0.3, 0.4) is 0 Å². The Labute approximate surface area is 122 Å². The zero-order valence-corrected chi connectivity index (χ0v) is 12.4. The van der Waals surface area contributed by atoms with E-state index in [1.165, 1.54) is 19.1 Å². The van der Waals surface area contributed by atoms with Crippen LogP contribution in [0.1, 0.15) is 23.2 Å². The van der Waals surface area contributed by atoms with Crippen molar-refractivity contribution in [2.24, 2.45) is 0 Å². The van der Waals surface area contributed by atoms with Gasteiger partial charge in [-0.1, -0.05) is 0 Å². The normalized spacial score (nSPS) is 13.3. The van der Waals surface area contributed by atoms with E-state index in [1.54, 1.807) is 19.1 Å². The molecule has 1 aromatic heterocycles. The van der Waals surface area contributed by atoms with Crippen molar-refractivity contribution in [1.29, 1.82) is 0 Å². The highest BCUT2D eigenvalue weighted by Gasteiger charge is 2.19. The van der Waals surface area contributed by atoms with E-state index in [9.17, 15) is 17.9 Å². The second-order valence-electron chi connectivity index (χ2n) is 4.73. The Morgan fingerprint density at radius 3 is 2.57 bits per heavy atom. The molecule has 0 radical (unpaired) electrons. The molecule has 0 fully saturated rings. The van der Waals surface area contributed by atoms with E-state index in [1.807, 2.05) is 0 Å². The Bertz CT molecular complexity index is 739. The average Bonchev–Trinajstić information content (AvgIpc) is 2.86. The number of aliphatic hydroxyl groups excluding tert-OH is 1. The van der Waals surface area contributed by atoms with E-state index in [2.05, 4.69) is 4.72 Å². The fraction of sp³-hybridized carbons (Fsp3) is 0.286. The molecule has 2 rings (SSSR count). The maximum Gasteiger partial charge on any atom is 0.240 e. The molecule has 1 aromatic carbocycles. The summed E-state index contributed by atoms with van der Waals surface area (Å²) >= 11 is 0. The summed E-state index contributed by atoms with van der Waals surface area (Å²) in [6, 6.07) is 6.76. The molecule has 114 valence electrons. The van der Waals surface area contributed by atoms with E-state index < -0.39 is 21.9 Å². The summed E-state index contributed by atoms with van der Waals surface area (Å²) in [7, 11) is -3.81. The minimum absolute atomic E-state index is 0.0516. The monoisotopic (exact) mass is 313 g/mol. The van der Waals surface area contributed by atoms with Crippen molar-refractivity contribution in [3.05, 3.63) is 53.2 Å². The molecule has 5 nitrogen and oxygen atoms in total. The molecule has 1 unspecified atom stereocenters. The lowest BCUT2D eigenvalue weighted by Crippen LogP contribution is -2.28. The third-order valence-electron chi connectivity index (χ3n) is 3.00. The first-order valence-corrected chi connectivity index (χ1v) is 7.78. The van der Waals surface area contributed by atoms with Crippen LogP contribution in [-0.2, 0) is 10.0 Å². The van der Waals surface area contributed by atoms with Gasteiger partial charge in [0.15, 0.2) is 0 Å². The van der Waals surface area contributed by atoms with Crippen molar-refractivity contribution in [2.45, 2.75) is 24.8 Å². The van der Waals surface area contributed by atoms with E-state index in [-0.39, 0.29) is 22.8 Å². The minimum atomic E-state index is -3.81. The van der Waals surface area contributed by atoms with Gasteiger partial charge in [-0.25, -0.2) is 17.5 Å². The predicted octanol–water partition coefficient (Wildman–Crippen LogP) is 2.05. The van der Waals surface area contributed by atoms with Crippen LogP contribution in [-0.4, -0.2) is 20.1 Å². The Balaban J connectivity index is 2.09. The molecule has 0 saturated carbocycles. The number of benzene rings is 1. The predicted molar refractivity (Wildman–Crippen MR) is 74.7 cm³/mol. The summed E-state index contributed by atoms with van der Waals surface area (Å²) in [5.41, 5.74) is 0.236. The minimum Gasteiger partial charge on any atom is -0.464 e. The van der Waals surface area contributed by atoms with E-state index in [4.69, 9.17) is 4.42 Å². The Morgan fingerprint density at radius 2 is 2.00 bits per heavy atom. The lowest BCUT2D eigenvalue weighted by atomic mass is 10.2. The van der Waals surface area contributed by atoms with Gasteiger partial charge in [0, 0.05) is 6.54 Å². The highest BCUT2D eigenvalue weighted by atomic mass is 32.2. The average molecular weight is 313 g/mol. The largest absolute Gasteiger partial charge is 0.464 e. The summed E-state index contributed by atoms with van der Waals surface area (Å²) in [6.07, 6.45) is -1.09. The van der Waals surface area contributed by atoms with Crippen molar-refractivity contribution in [2.75, 3.05) is 6.54 Å². The number of sulfonamides is 1. The van der Waals surface area contributed by atoms with Crippen LogP contribution in [0.2, 0.25) is 0 Å². The fourth-order valence-corrected chi connectivity index (χ4v) is 2.91. The van der Waals surface area contributed by atoms with Crippen LogP contribution < -0.4 is 4.72 Å². The van der Waals surface area contributed by atoms with Gasteiger partial charge in [-0.2, -0.15) is 0 Å². The van der Waals surface area contributed by atoms with Crippen molar-refractivity contribution >= 4 is 10.0 Å². The van der Waals surface area contributed by atoms with Gasteiger partial charge in [0.25, 0.3) is 0 Å². The van der Waals surface area contributed by atoms with Gasteiger partial charge in [-0.15, -0.1) is 0 Å². The van der Waals surface area contributed by atoms with Gasteiger partial charge in [0.05, 0.1) is 4.90 Å². The number of furan rings is 1. The highest BCUT2D eigenvalue weighted by Crippen LogP contribution is 2.17. The Morgan fingerprint density at radius 1 is 1.29 bits per heavy atom. The van der Waals surface area contributed by atoms with Crippen LogP contribution in [0.15, 0.2) is 39.6 Å². The zero-order valence-electron chi connectivity index (χ0n) is 11.6. The molecule has 0 saturated heterocycles. The molecule has 0 aliphatic rings. The smallest absolute Gasteiger partial charge is 0.240 e. The zero-order chi connectivity index (χ0) is 15.6. The topological polar surface area (TPSA) is 79.5 Å². The van der Waals surface area contributed by atoms with Crippen molar-refractivity contribution in [1.82, 2.24) is 4.72 Å². The van der Waals surface area contributed by atoms with E-state index >= 15 is 0 Å². The molecule has 0 bridgehead atoms. The molecule has 1 atom stereocenters. The standard InChI is InChI=1S/C14H16FNO4S/c1-9-7-11(4-5-12(9)15)21(18,19)16-8-13(17)14-6-3-10(2)20-14/h3-7,13,16-17H,8H2,1-2H3. The molecule has 0 aliphatic heterocycles. The summed E-state index contributed by atoms with van der Waals surface area (Å²) in [4.78, 5) is -0.0516. The van der Waals surface area contributed by atoms with Crippen molar-refractivity contribution in [3.63, 3.8) is 0 Å². The molecule has 1 heterocycles. The van der Waals surface area contributed by atoms with Gasteiger partial charge >= 0.3 is 0 Å². The van der Waals surface area contributed by atoms with Crippen LogP contribution in [0.4, 0.5) is 4.39 Å². The first kappa shape index (κ1) is 15.7. The quantitative estimate of drug-likeness (QED) is 0.885. The maximum absolute atomic E-state index is 13.2. The van der Waals surface area contributed by atoms with Gasteiger partial charge in [-0.3, -0.25) is 0 Å². The summed E-state index contributed by atoms with van der Waals surface area (Å²) in [5, 5.41) is 9.86. The summed E-state index contributed by atoms with van der Waals surface area (Å²) < 4.78 is 44.8. The van der Waals surface area contributed by atoms with Crippen molar-refractivity contribution in [3.8, 4) is 0 Å². The summed E-state index contributed by atoms with van der Waals surface area (Å²) in [6.45, 7) is 2.97. The molecule has 21 heavy (non-hydrogen) atoms. The second-order valence-corrected chi connectivity index (χ2v) is 6.49. The molecule has 0 spiro atoms. The lowest BCUT2D eigenvalue weighted by Gasteiger charge is -2.11. The van der Waals surface area contributed by atoms with Crippen LogP contribution in [0.25, 0.3) is 0 Å². The number of halogens is 1. The number of hydrogen-bond acceptors (Lipinski definition) is 4. The van der Waals surface area contributed by atoms with Crippen LogP contribution >= 0.6 is 0 Å². The molecule has 0 amide bonds. The fourth-order valence-electron chi connectivity index (χ4n) is 1.79. The molecule has 7 heteroatoms. The first-order valence-electron chi connectivity index (χ1n) is 6.30. The molecule has 0 aliphatic carbocycles. The third kappa shape index (κ3) is 3.69. The lowest BCUT2D eigenvalue weighted by molar-refractivity contribution is 0.152. The molecule has 2 N–H and O–H groups in total. The van der Waals surface area contributed by atoms with Crippen molar-refractivity contribution < 1.29 is 22.3 Å². The van der Waals surface area contributed by atoms with E-state index in [0.717, 1.165) is 6.07 Å². The third-order valence-corrected chi connectivity index (χ3v) is 4.42. The highest BCUT2D eigenvalue weighted by molar-refractivity contribution is 7.89. The molecular weight excluding hydrogens is 297 g/mol. The second kappa shape index (κ2) is 5.97. The number of rotatable bonds is 5. The maximum atomic E-state index is 13.2. The van der Waals surface area contributed by atoms with Gasteiger partial charge in [0.1, 0.15) is 23.4 Å². The number of hydrogen-bond donors (Lipinski definition) is 2. The number of aryl methyl sites for hydroxylation is 2. The first-order chi connectivity index (χ1) is 9.79. The number of aliphatic hydroxyl groups is 1. The molecular formula is C14H16FNO4S. The number of nitrogens with one attached hydrogen (secondary N) is 1. The van der Waals surface area contributed by atoms with E-state index in [0.29, 0.717) is 5.76 Å². The van der Waals surface area contributed by atoms with Crippen LogP contribution in [0.5, 0.6) is 0 Å². The van der Waals surface area contributed by atoms with Crippen LogP contribution in [0, 0.1) is 19.7 Å². The van der Waals surface area contributed by atoms with Gasteiger partial charge < -0.3 is 9.52 Å². The van der Waals surface area contributed by atoms with Gasteiger partial charge in [0.2, 0.25) is 10.0 Å². The molecule has 2 aromatic rings.